The second-order valence-corrected chi connectivity index (χ2v) is 4.17. The zero-order chi connectivity index (χ0) is 13.1. The van der Waals surface area contributed by atoms with Crippen molar-refractivity contribution in [1.82, 2.24) is 9.97 Å². The monoisotopic (exact) mass is 266 g/mol. The Bertz CT molecular complexity index is 575. The molecule has 0 unspecified atom stereocenters. The van der Waals surface area contributed by atoms with Crippen LogP contribution in [0.5, 0.6) is 11.6 Å². The second kappa shape index (κ2) is 5.31. The molecule has 1 heterocycles. The Morgan fingerprint density at radius 1 is 1.33 bits per heavy atom. The molecule has 3 nitrogen and oxygen atoms in total. The molecule has 0 aliphatic carbocycles. The topological polar surface area (TPSA) is 35.0 Å². The quantitative estimate of drug-likeness (QED) is 0.790. The molecular weight excluding hydrogens is 255 g/mol. The third kappa shape index (κ3) is 2.59. The first-order valence-electron chi connectivity index (χ1n) is 5.55. The summed E-state index contributed by atoms with van der Waals surface area (Å²) < 4.78 is 18.7. The molecule has 0 radical (unpaired) electrons. The minimum Gasteiger partial charge on any atom is -0.438 e. The van der Waals surface area contributed by atoms with E-state index in [-0.39, 0.29) is 5.82 Å². The van der Waals surface area contributed by atoms with Gasteiger partial charge in [0.1, 0.15) is 23.0 Å². The third-order valence-corrected chi connectivity index (χ3v) is 2.88. The number of hydrogen-bond donors (Lipinski definition) is 0. The van der Waals surface area contributed by atoms with Gasteiger partial charge in [0.2, 0.25) is 5.88 Å². The van der Waals surface area contributed by atoms with E-state index < -0.39 is 0 Å². The lowest BCUT2D eigenvalue weighted by Gasteiger charge is -2.11. The summed E-state index contributed by atoms with van der Waals surface area (Å²) >= 11 is 5.97. The van der Waals surface area contributed by atoms with Crippen molar-refractivity contribution in [3.63, 3.8) is 0 Å². The van der Waals surface area contributed by atoms with E-state index in [1.807, 2.05) is 6.92 Å². The van der Waals surface area contributed by atoms with Crippen LogP contribution in [-0.2, 0) is 6.42 Å². The van der Waals surface area contributed by atoms with Gasteiger partial charge in [0.05, 0.1) is 5.56 Å². The number of aryl methyl sites for hydroxylation is 1. The first kappa shape index (κ1) is 12.8. The fourth-order valence-corrected chi connectivity index (χ4v) is 1.85. The van der Waals surface area contributed by atoms with Crippen LogP contribution >= 0.6 is 11.6 Å². The molecule has 1 aromatic carbocycles. The Balaban J connectivity index is 2.37. The highest BCUT2D eigenvalue weighted by Gasteiger charge is 2.11. The molecule has 0 bridgehead atoms. The zero-order valence-corrected chi connectivity index (χ0v) is 10.8. The summed E-state index contributed by atoms with van der Waals surface area (Å²) in [5.74, 6) is 0.671. The lowest BCUT2D eigenvalue weighted by molar-refractivity contribution is 0.450. The summed E-state index contributed by atoms with van der Waals surface area (Å²) in [5.41, 5.74) is 1.44. The van der Waals surface area contributed by atoms with E-state index in [2.05, 4.69) is 9.97 Å². The summed E-state index contributed by atoms with van der Waals surface area (Å²) in [4.78, 5) is 7.96. The molecule has 0 aliphatic heterocycles. The summed E-state index contributed by atoms with van der Waals surface area (Å²) in [5, 5.41) is 0.377. The summed E-state index contributed by atoms with van der Waals surface area (Å²) in [7, 11) is 0. The predicted octanol–water partition coefficient (Wildman–Crippen LogP) is 3.93. The van der Waals surface area contributed by atoms with Gasteiger partial charge in [-0.3, -0.25) is 0 Å². The summed E-state index contributed by atoms with van der Waals surface area (Å²) in [6.45, 7) is 3.71. The number of rotatable bonds is 3. The Morgan fingerprint density at radius 3 is 2.78 bits per heavy atom. The van der Waals surface area contributed by atoms with Gasteiger partial charge >= 0.3 is 0 Å². The van der Waals surface area contributed by atoms with Crippen LogP contribution in [0, 0.1) is 12.7 Å². The van der Waals surface area contributed by atoms with E-state index in [1.165, 1.54) is 18.5 Å². The van der Waals surface area contributed by atoms with Crippen LogP contribution in [0.1, 0.15) is 18.1 Å². The Kier molecular flexibility index (Phi) is 3.77. The van der Waals surface area contributed by atoms with Crippen molar-refractivity contribution in [2.24, 2.45) is 0 Å². The van der Waals surface area contributed by atoms with Gasteiger partial charge in [0.25, 0.3) is 0 Å². The van der Waals surface area contributed by atoms with Crippen molar-refractivity contribution in [1.29, 1.82) is 0 Å². The zero-order valence-electron chi connectivity index (χ0n) is 10.1. The van der Waals surface area contributed by atoms with Gasteiger partial charge in [-0.25, -0.2) is 14.4 Å². The largest absolute Gasteiger partial charge is 0.438 e. The molecule has 18 heavy (non-hydrogen) atoms. The predicted molar refractivity (Wildman–Crippen MR) is 67.6 cm³/mol. The maximum absolute atomic E-state index is 13.0. The third-order valence-electron chi connectivity index (χ3n) is 2.55. The number of aromatic nitrogens is 2. The van der Waals surface area contributed by atoms with Crippen LogP contribution in [-0.4, -0.2) is 9.97 Å². The molecule has 0 amide bonds. The van der Waals surface area contributed by atoms with Crippen LogP contribution < -0.4 is 4.74 Å². The molecule has 1 aromatic heterocycles. The average Bonchev–Trinajstić information content (AvgIpc) is 2.33. The molecule has 0 spiro atoms. The standard InChI is InChI=1S/C13H12ClFN2O/c1-3-10-12(14)16-7-17-13(10)18-11-5-4-9(15)6-8(11)2/h4-7H,3H2,1-2H3. The fraction of sp³-hybridized carbons (Fsp3) is 0.231. The minimum absolute atomic E-state index is 0.295. The van der Waals surface area contributed by atoms with Crippen molar-refractivity contribution >= 4 is 11.6 Å². The van der Waals surface area contributed by atoms with Crippen molar-refractivity contribution in [3.05, 3.63) is 46.6 Å². The number of nitrogens with zero attached hydrogens (tertiary/aromatic N) is 2. The van der Waals surface area contributed by atoms with Gasteiger partial charge in [-0.15, -0.1) is 0 Å². The van der Waals surface area contributed by atoms with Crippen molar-refractivity contribution in [2.45, 2.75) is 20.3 Å². The van der Waals surface area contributed by atoms with E-state index in [9.17, 15) is 4.39 Å². The van der Waals surface area contributed by atoms with Gasteiger partial charge in [-0.2, -0.15) is 0 Å². The molecule has 0 aliphatic rings. The molecule has 0 saturated heterocycles. The molecule has 0 atom stereocenters. The van der Waals surface area contributed by atoms with Crippen molar-refractivity contribution in [3.8, 4) is 11.6 Å². The molecule has 0 saturated carbocycles. The van der Waals surface area contributed by atoms with E-state index >= 15 is 0 Å². The molecule has 5 heteroatoms. The molecule has 2 aromatic rings. The van der Waals surface area contributed by atoms with E-state index in [0.29, 0.717) is 28.8 Å². The van der Waals surface area contributed by atoms with Crippen LogP contribution in [0.25, 0.3) is 0 Å². The molecule has 2 rings (SSSR count). The maximum Gasteiger partial charge on any atom is 0.227 e. The van der Waals surface area contributed by atoms with Crippen LogP contribution in [0.2, 0.25) is 5.15 Å². The average molecular weight is 267 g/mol. The lowest BCUT2D eigenvalue weighted by Crippen LogP contribution is -1.98. The number of halogens is 2. The number of hydrogen-bond acceptors (Lipinski definition) is 3. The highest BCUT2D eigenvalue weighted by Crippen LogP contribution is 2.29. The highest BCUT2D eigenvalue weighted by molar-refractivity contribution is 6.30. The van der Waals surface area contributed by atoms with E-state index in [0.717, 1.165) is 5.56 Å². The highest BCUT2D eigenvalue weighted by atomic mass is 35.5. The molecular formula is C13H12ClFN2O. The van der Waals surface area contributed by atoms with Gasteiger partial charge in [0, 0.05) is 0 Å². The first-order valence-corrected chi connectivity index (χ1v) is 5.93. The second-order valence-electron chi connectivity index (χ2n) is 3.81. The molecule has 0 fully saturated rings. The maximum atomic E-state index is 13.0. The molecule has 94 valence electrons. The SMILES string of the molecule is CCc1c(Cl)ncnc1Oc1ccc(F)cc1C. The number of benzene rings is 1. The summed E-state index contributed by atoms with van der Waals surface area (Å²) in [6.07, 6.45) is 2.00. The van der Waals surface area contributed by atoms with Gasteiger partial charge in [0.15, 0.2) is 0 Å². The Morgan fingerprint density at radius 2 is 2.11 bits per heavy atom. The van der Waals surface area contributed by atoms with Crippen molar-refractivity contribution in [2.75, 3.05) is 0 Å². The molecule has 0 N–H and O–H groups in total. The minimum atomic E-state index is -0.295. The van der Waals surface area contributed by atoms with Gasteiger partial charge in [-0.05, 0) is 37.1 Å². The Hall–Kier alpha value is -1.68. The first-order chi connectivity index (χ1) is 8.61. The van der Waals surface area contributed by atoms with E-state index in [1.54, 1.807) is 13.0 Å². The number of ether oxygens (including phenoxy) is 1. The lowest BCUT2D eigenvalue weighted by atomic mass is 10.2. The van der Waals surface area contributed by atoms with Gasteiger partial charge in [-0.1, -0.05) is 18.5 Å². The Labute approximate surface area is 110 Å². The van der Waals surface area contributed by atoms with E-state index in [4.69, 9.17) is 16.3 Å². The van der Waals surface area contributed by atoms with Crippen LogP contribution in [0.4, 0.5) is 4.39 Å². The summed E-state index contributed by atoms with van der Waals surface area (Å²) in [6, 6.07) is 4.32. The van der Waals surface area contributed by atoms with Crippen molar-refractivity contribution < 1.29 is 9.13 Å². The van der Waals surface area contributed by atoms with Crippen LogP contribution in [0.3, 0.4) is 0 Å². The fourth-order valence-electron chi connectivity index (χ4n) is 1.59. The normalized spacial score (nSPS) is 10.4. The smallest absolute Gasteiger partial charge is 0.227 e. The van der Waals surface area contributed by atoms with Gasteiger partial charge < -0.3 is 4.74 Å². The van der Waals surface area contributed by atoms with Crippen LogP contribution in [0.15, 0.2) is 24.5 Å².